The van der Waals surface area contributed by atoms with E-state index in [1.807, 2.05) is 20.8 Å². The molecular formula is C9H15N3O3. The second-order valence-corrected chi connectivity index (χ2v) is 4.44. The summed E-state index contributed by atoms with van der Waals surface area (Å²) in [6.07, 6.45) is 0. The number of nitrogens with zero attached hydrogens (tertiary/aromatic N) is 1. The molecule has 0 aromatic rings. The molecule has 1 aliphatic rings. The fourth-order valence-electron chi connectivity index (χ4n) is 1.22. The van der Waals surface area contributed by atoms with Crippen molar-refractivity contribution in [2.75, 3.05) is 13.1 Å². The highest BCUT2D eigenvalue weighted by Crippen LogP contribution is 2.01. The fourth-order valence-corrected chi connectivity index (χ4v) is 1.22. The Hall–Kier alpha value is -1.59. The molecule has 1 saturated heterocycles. The van der Waals surface area contributed by atoms with Crippen molar-refractivity contribution in [2.45, 2.75) is 26.3 Å². The number of hydrogen-bond acceptors (Lipinski definition) is 3. The number of amides is 4. The maximum atomic E-state index is 11.4. The molecule has 6 nitrogen and oxygen atoms in total. The van der Waals surface area contributed by atoms with Crippen LogP contribution < -0.4 is 10.6 Å². The summed E-state index contributed by atoms with van der Waals surface area (Å²) in [5, 5.41) is 5.02. The third-order valence-electron chi connectivity index (χ3n) is 1.75. The summed E-state index contributed by atoms with van der Waals surface area (Å²) in [6, 6.07) is -0.510. The second kappa shape index (κ2) is 3.88. The van der Waals surface area contributed by atoms with Crippen LogP contribution in [0.4, 0.5) is 4.79 Å². The Labute approximate surface area is 88.0 Å². The quantitative estimate of drug-likeness (QED) is 0.604. The van der Waals surface area contributed by atoms with Gasteiger partial charge >= 0.3 is 6.03 Å². The fraction of sp³-hybridized carbons (Fsp3) is 0.667. The predicted molar refractivity (Wildman–Crippen MR) is 53.0 cm³/mol. The molecule has 6 heteroatoms. The zero-order valence-electron chi connectivity index (χ0n) is 9.09. The van der Waals surface area contributed by atoms with Crippen LogP contribution in [0, 0.1) is 0 Å². The van der Waals surface area contributed by atoms with Crippen LogP contribution in [0.15, 0.2) is 0 Å². The number of rotatable bonds is 2. The van der Waals surface area contributed by atoms with Crippen LogP contribution in [-0.4, -0.2) is 41.4 Å². The number of urea groups is 1. The van der Waals surface area contributed by atoms with Crippen molar-refractivity contribution >= 4 is 17.8 Å². The third kappa shape index (κ3) is 3.23. The molecular weight excluding hydrogens is 198 g/mol. The first-order valence-corrected chi connectivity index (χ1v) is 4.69. The first kappa shape index (κ1) is 11.5. The highest BCUT2D eigenvalue weighted by Gasteiger charge is 2.30. The smallest absolute Gasteiger partial charge is 0.325 e. The minimum atomic E-state index is -0.510. The van der Waals surface area contributed by atoms with Crippen molar-refractivity contribution in [2.24, 2.45) is 0 Å². The van der Waals surface area contributed by atoms with E-state index in [1.165, 1.54) is 0 Å². The highest BCUT2D eigenvalue weighted by atomic mass is 16.2. The first-order chi connectivity index (χ1) is 6.79. The average Bonchev–Trinajstić information content (AvgIpc) is 2.32. The van der Waals surface area contributed by atoms with Crippen LogP contribution in [-0.2, 0) is 9.59 Å². The van der Waals surface area contributed by atoms with Gasteiger partial charge in [0.05, 0.1) is 6.54 Å². The monoisotopic (exact) mass is 213 g/mol. The minimum Gasteiger partial charge on any atom is -0.350 e. The Morgan fingerprint density at radius 3 is 2.47 bits per heavy atom. The molecule has 1 fully saturated rings. The molecule has 1 aliphatic heterocycles. The maximum absolute atomic E-state index is 11.4. The van der Waals surface area contributed by atoms with Gasteiger partial charge in [-0.15, -0.1) is 0 Å². The van der Waals surface area contributed by atoms with E-state index < -0.39 is 6.03 Å². The van der Waals surface area contributed by atoms with Crippen molar-refractivity contribution in [1.82, 2.24) is 15.5 Å². The van der Waals surface area contributed by atoms with Gasteiger partial charge in [-0.05, 0) is 20.8 Å². The van der Waals surface area contributed by atoms with Crippen molar-refractivity contribution in [3.8, 4) is 0 Å². The van der Waals surface area contributed by atoms with E-state index in [4.69, 9.17) is 0 Å². The highest BCUT2D eigenvalue weighted by molar-refractivity contribution is 6.04. The lowest BCUT2D eigenvalue weighted by molar-refractivity contribution is -0.131. The SMILES string of the molecule is CC(C)(C)NC(=O)CN1C(=O)CNC1=O. The summed E-state index contributed by atoms with van der Waals surface area (Å²) in [5.74, 6) is -0.711. The van der Waals surface area contributed by atoms with Gasteiger partial charge < -0.3 is 10.6 Å². The van der Waals surface area contributed by atoms with Gasteiger partial charge in [-0.25, -0.2) is 4.79 Å². The van der Waals surface area contributed by atoms with Crippen LogP contribution in [0.5, 0.6) is 0 Å². The minimum absolute atomic E-state index is 0.0262. The third-order valence-corrected chi connectivity index (χ3v) is 1.75. The standard InChI is InChI=1S/C9H15N3O3/c1-9(2,3)11-6(13)5-12-7(14)4-10-8(12)15/h4-5H2,1-3H3,(H,10,15)(H,11,13). The molecule has 0 bridgehead atoms. The molecule has 0 saturated carbocycles. The van der Waals surface area contributed by atoms with Crippen LogP contribution in [0.3, 0.4) is 0 Å². The zero-order valence-corrected chi connectivity index (χ0v) is 9.09. The van der Waals surface area contributed by atoms with Gasteiger partial charge in [-0.1, -0.05) is 0 Å². The Morgan fingerprint density at radius 1 is 1.47 bits per heavy atom. The number of nitrogens with one attached hydrogen (secondary N) is 2. The molecule has 0 spiro atoms. The zero-order chi connectivity index (χ0) is 11.6. The number of carbonyl (C=O) groups is 3. The van der Waals surface area contributed by atoms with E-state index in [9.17, 15) is 14.4 Å². The number of imide groups is 1. The Morgan fingerprint density at radius 2 is 2.07 bits per heavy atom. The van der Waals surface area contributed by atoms with Crippen molar-refractivity contribution in [1.29, 1.82) is 0 Å². The van der Waals surface area contributed by atoms with Gasteiger partial charge in [0, 0.05) is 5.54 Å². The molecule has 0 aromatic carbocycles. The maximum Gasteiger partial charge on any atom is 0.325 e. The van der Waals surface area contributed by atoms with Gasteiger partial charge in [0.15, 0.2) is 0 Å². The van der Waals surface area contributed by atoms with E-state index in [2.05, 4.69) is 10.6 Å². The summed E-state index contributed by atoms with van der Waals surface area (Å²) < 4.78 is 0. The molecule has 1 heterocycles. The largest absolute Gasteiger partial charge is 0.350 e. The van der Waals surface area contributed by atoms with Gasteiger partial charge in [-0.2, -0.15) is 0 Å². The molecule has 0 aromatic heterocycles. The van der Waals surface area contributed by atoms with E-state index in [0.717, 1.165) is 4.90 Å². The normalized spacial score (nSPS) is 16.6. The molecule has 2 N–H and O–H groups in total. The molecule has 4 amide bonds. The lowest BCUT2D eigenvalue weighted by atomic mass is 10.1. The first-order valence-electron chi connectivity index (χ1n) is 4.69. The summed E-state index contributed by atoms with van der Waals surface area (Å²) in [4.78, 5) is 34.6. The average molecular weight is 213 g/mol. The molecule has 0 aliphatic carbocycles. The van der Waals surface area contributed by atoms with Gasteiger partial charge in [0.1, 0.15) is 6.54 Å². The van der Waals surface area contributed by atoms with E-state index >= 15 is 0 Å². The summed E-state index contributed by atoms with van der Waals surface area (Å²) in [6.45, 7) is 5.24. The van der Waals surface area contributed by atoms with Crippen molar-refractivity contribution in [3.05, 3.63) is 0 Å². The Kier molecular flexibility index (Phi) is 2.97. The molecule has 0 radical (unpaired) electrons. The van der Waals surface area contributed by atoms with E-state index in [0.29, 0.717) is 0 Å². The molecule has 84 valence electrons. The lowest BCUT2D eigenvalue weighted by Gasteiger charge is -2.22. The van der Waals surface area contributed by atoms with Gasteiger partial charge in [-0.3, -0.25) is 14.5 Å². The van der Waals surface area contributed by atoms with Crippen LogP contribution in [0.25, 0.3) is 0 Å². The lowest BCUT2D eigenvalue weighted by Crippen LogP contribution is -2.47. The summed E-state index contributed by atoms with van der Waals surface area (Å²) in [5.41, 5.74) is -0.365. The summed E-state index contributed by atoms with van der Waals surface area (Å²) >= 11 is 0. The van der Waals surface area contributed by atoms with Gasteiger partial charge in [0.2, 0.25) is 5.91 Å². The van der Waals surface area contributed by atoms with Crippen LogP contribution in [0.1, 0.15) is 20.8 Å². The Balaban J connectivity index is 2.51. The summed E-state index contributed by atoms with van der Waals surface area (Å²) in [7, 11) is 0. The topological polar surface area (TPSA) is 78.5 Å². The molecule has 0 atom stereocenters. The van der Waals surface area contributed by atoms with Crippen LogP contribution >= 0.6 is 0 Å². The van der Waals surface area contributed by atoms with Gasteiger partial charge in [0.25, 0.3) is 5.91 Å². The molecule has 0 unspecified atom stereocenters. The van der Waals surface area contributed by atoms with Crippen molar-refractivity contribution < 1.29 is 14.4 Å². The second-order valence-electron chi connectivity index (χ2n) is 4.44. The predicted octanol–water partition coefficient (Wildman–Crippen LogP) is -0.547. The Bertz CT molecular complexity index is 290. The molecule has 15 heavy (non-hydrogen) atoms. The number of carbonyl (C=O) groups excluding carboxylic acids is 3. The number of hydrogen-bond donors (Lipinski definition) is 2. The molecule has 1 rings (SSSR count). The van der Waals surface area contributed by atoms with Crippen LogP contribution in [0.2, 0.25) is 0 Å². The van der Waals surface area contributed by atoms with Crippen molar-refractivity contribution in [3.63, 3.8) is 0 Å². The van der Waals surface area contributed by atoms with E-state index in [-0.39, 0.29) is 30.4 Å². The van der Waals surface area contributed by atoms with E-state index in [1.54, 1.807) is 0 Å².